The number of anilines is 1. The summed E-state index contributed by atoms with van der Waals surface area (Å²) in [5.74, 6) is 0.495. The first-order valence-corrected chi connectivity index (χ1v) is 8.32. The van der Waals surface area contributed by atoms with E-state index in [1.165, 1.54) is 0 Å². The molecule has 2 N–H and O–H groups in total. The summed E-state index contributed by atoms with van der Waals surface area (Å²) in [6, 6.07) is 11.0. The number of aromatic nitrogens is 2. The third kappa shape index (κ3) is 4.06. The Balaban J connectivity index is 1.85. The van der Waals surface area contributed by atoms with Crippen molar-refractivity contribution < 1.29 is 9.52 Å². The lowest BCUT2D eigenvalue weighted by Crippen LogP contribution is -2.23. The van der Waals surface area contributed by atoms with Gasteiger partial charge in [-0.3, -0.25) is 0 Å². The number of aliphatic hydroxyl groups is 1. The molecule has 0 bridgehead atoms. The number of aliphatic hydroxyl groups excluding tert-OH is 1. The van der Waals surface area contributed by atoms with Crippen LogP contribution in [0.2, 0.25) is 5.02 Å². The van der Waals surface area contributed by atoms with Crippen molar-refractivity contribution in [2.24, 2.45) is 0 Å². The van der Waals surface area contributed by atoms with Gasteiger partial charge in [-0.1, -0.05) is 41.9 Å². The second kappa shape index (κ2) is 7.88. The van der Waals surface area contributed by atoms with E-state index >= 15 is 0 Å². The predicted molar refractivity (Wildman–Crippen MR) is 102 cm³/mol. The molecule has 0 aliphatic carbocycles. The summed E-state index contributed by atoms with van der Waals surface area (Å²) in [4.78, 5) is 6.65. The van der Waals surface area contributed by atoms with Gasteiger partial charge in [-0.05, 0) is 19.1 Å². The minimum atomic E-state index is -0.831. The molecule has 2 atom stereocenters. The zero-order valence-corrected chi connectivity index (χ0v) is 15.0. The monoisotopic (exact) mass is 379 g/mol. The highest BCUT2D eigenvalue weighted by atomic mass is 35.5. The molecule has 0 aliphatic heterocycles. The van der Waals surface area contributed by atoms with Crippen molar-refractivity contribution in [1.29, 1.82) is 0 Å². The van der Waals surface area contributed by atoms with E-state index in [2.05, 4.69) is 25.2 Å². The predicted octanol–water partition coefficient (Wildman–Crippen LogP) is 5.03. The van der Waals surface area contributed by atoms with E-state index < -0.39 is 12.1 Å². The van der Waals surface area contributed by atoms with Gasteiger partial charge in [0, 0.05) is 16.3 Å². The van der Waals surface area contributed by atoms with Gasteiger partial charge in [-0.25, -0.2) is 9.69 Å². The van der Waals surface area contributed by atoms with Crippen LogP contribution in [-0.4, -0.2) is 21.4 Å². The number of halogens is 1. The van der Waals surface area contributed by atoms with Crippen LogP contribution in [0, 0.1) is 13.1 Å². The zero-order chi connectivity index (χ0) is 19.4. The number of nitrogens with zero attached hydrogens (tertiary/aromatic N) is 4. The average molecular weight is 380 g/mol. The molecule has 134 valence electrons. The maximum absolute atomic E-state index is 10.1. The van der Waals surface area contributed by atoms with E-state index in [4.69, 9.17) is 29.2 Å². The molecule has 27 heavy (non-hydrogen) atoms. The summed E-state index contributed by atoms with van der Waals surface area (Å²) >= 11 is 6.06. The van der Waals surface area contributed by atoms with Crippen LogP contribution in [0.15, 0.2) is 46.9 Å². The Morgan fingerprint density at radius 3 is 2.44 bits per heavy atom. The highest BCUT2D eigenvalue weighted by molar-refractivity contribution is 6.33. The van der Waals surface area contributed by atoms with Crippen LogP contribution in [0.1, 0.15) is 18.9 Å². The first-order valence-electron chi connectivity index (χ1n) is 7.94. The van der Waals surface area contributed by atoms with Crippen molar-refractivity contribution in [3.63, 3.8) is 0 Å². The van der Waals surface area contributed by atoms with Crippen LogP contribution in [0.4, 0.5) is 17.1 Å². The molecule has 1 heterocycles. The molecule has 0 amide bonds. The van der Waals surface area contributed by atoms with Crippen molar-refractivity contribution >= 4 is 28.7 Å². The fourth-order valence-corrected chi connectivity index (χ4v) is 2.63. The van der Waals surface area contributed by atoms with Gasteiger partial charge in [0.25, 0.3) is 0 Å². The van der Waals surface area contributed by atoms with Gasteiger partial charge in [0.15, 0.2) is 5.69 Å². The summed E-state index contributed by atoms with van der Waals surface area (Å²) in [5, 5.41) is 21.6. The summed E-state index contributed by atoms with van der Waals surface area (Å²) < 4.78 is 5.71. The Morgan fingerprint density at radius 1 is 1.11 bits per heavy atom. The molecular weight excluding hydrogens is 366 g/mol. The summed E-state index contributed by atoms with van der Waals surface area (Å²) in [7, 11) is 0. The number of nitrogens with one attached hydrogen (secondary N) is 1. The number of hydrogen-bond donors (Lipinski definition) is 2. The molecule has 1 unspecified atom stereocenters. The van der Waals surface area contributed by atoms with Gasteiger partial charge in [-0.2, -0.15) is 0 Å². The Morgan fingerprint density at radius 2 is 1.85 bits per heavy atom. The minimum absolute atomic E-state index is 0.208. The van der Waals surface area contributed by atoms with Crippen molar-refractivity contribution in [2.75, 3.05) is 5.32 Å². The molecule has 0 fully saturated rings. The lowest BCUT2D eigenvalue weighted by Gasteiger charge is -2.19. The second-order valence-corrected chi connectivity index (χ2v) is 6.15. The Bertz CT molecular complexity index is 1030. The number of benzene rings is 2. The fraction of sp³-hybridized carbons (Fsp3) is 0.158. The van der Waals surface area contributed by atoms with Crippen molar-refractivity contribution in [3.8, 4) is 11.5 Å². The zero-order valence-electron chi connectivity index (χ0n) is 14.2. The molecule has 8 heteroatoms. The van der Waals surface area contributed by atoms with Gasteiger partial charge in [0.05, 0.1) is 19.2 Å². The topological polar surface area (TPSA) is 79.9 Å². The first-order chi connectivity index (χ1) is 13.0. The maximum atomic E-state index is 10.1. The van der Waals surface area contributed by atoms with E-state index in [1.54, 1.807) is 49.4 Å². The Labute approximate surface area is 160 Å². The summed E-state index contributed by atoms with van der Waals surface area (Å²) in [6.45, 7) is 15.6. The SMILES string of the molecule is [C-]#[N+]c1ccc(-c2nnc([C@H](Nc3ccc([N+]#[C-])c(Cl)c3)C(C)O)o2)cc1. The highest BCUT2D eigenvalue weighted by Crippen LogP contribution is 2.31. The van der Waals surface area contributed by atoms with Gasteiger partial charge < -0.3 is 14.8 Å². The lowest BCUT2D eigenvalue weighted by molar-refractivity contribution is 0.160. The third-order valence-electron chi connectivity index (χ3n) is 3.82. The molecule has 2 aromatic carbocycles. The summed E-state index contributed by atoms with van der Waals surface area (Å²) in [5.41, 5.74) is 2.15. The largest absolute Gasteiger partial charge is 0.418 e. The van der Waals surface area contributed by atoms with Crippen LogP contribution >= 0.6 is 11.6 Å². The highest BCUT2D eigenvalue weighted by Gasteiger charge is 2.24. The smallest absolute Gasteiger partial charge is 0.247 e. The third-order valence-corrected chi connectivity index (χ3v) is 4.13. The molecule has 0 saturated carbocycles. The molecule has 1 aromatic heterocycles. The van der Waals surface area contributed by atoms with Crippen LogP contribution in [0.5, 0.6) is 0 Å². The fourth-order valence-electron chi connectivity index (χ4n) is 2.41. The van der Waals surface area contributed by atoms with E-state index in [1.807, 2.05) is 0 Å². The van der Waals surface area contributed by atoms with Crippen molar-refractivity contribution in [1.82, 2.24) is 10.2 Å². The van der Waals surface area contributed by atoms with Gasteiger partial charge in [0.1, 0.15) is 6.04 Å². The standard InChI is InChI=1S/C19H14ClN5O2/c1-11(26)17(23-14-8-9-16(22-3)15(20)10-14)19-25-24-18(27-19)12-4-6-13(21-2)7-5-12/h4-11,17,23,26H,1H3/t11?,17-/m1/s1. The number of rotatable bonds is 5. The molecule has 3 aromatic rings. The maximum Gasteiger partial charge on any atom is 0.247 e. The molecule has 0 spiro atoms. The summed E-state index contributed by atoms with van der Waals surface area (Å²) in [6.07, 6.45) is -0.831. The van der Waals surface area contributed by atoms with E-state index in [0.717, 1.165) is 0 Å². The molecule has 0 saturated heterocycles. The van der Waals surface area contributed by atoms with Crippen LogP contribution < -0.4 is 5.32 Å². The van der Waals surface area contributed by atoms with E-state index in [-0.39, 0.29) is 11.8 Å². The van der Waals surface area contributed by atoms with Gasteiger partial charge >= 0.3 is 0 Å². The molecule has 0 aliphatic rings. The first kappa shape index (κ1) is 18.4. The van der Waals surface area contributed by atoms with Crippen LogP contribution in [-0.2, 0) is 0 Å². The van der Waals surface area contributed by atoms with E-state index in [9.17, 15) is 5.11 Å². The molecule has 7 nitrogen and oxygen atoms in total. The number of hydrogen-bond acceptors (Lipinski definition) is 5. The molecule has 0 radical (unpaired) electrons. The molecule has 3 rings (SSSR count). The quantitative estimate of drug-likeness (QED) is 0.608. The Hall–Kier alpha value is -3.39. The van der Waals surface area contributed by atoms with Crippen molar-refractivity contribution in [2.45, 2.75) is 19.1 Å². The van der Waals surface area contributed by atoms with E-state index in [0.29, 0.717) is 27.6 Å². The average Bonchev–Trinajstić information content (AvgIpc) is 3.16. The van der Waals surface area contributed by atoms with Gasteiger partial charge in [-0.15, -0.1) is 10.2 Å². The van der Waals surface area contributed by atoms with Crippen molar-refractivity contribution in [3.05, 3.63) is 76.2 Å². The normalized spacial score (nSPS) is 12.6. The van der Waals surface area contributed by atoms with Crippen LogP contribution in [0.25, 0.3) is 21.1 Å². The van der Waals surface area contributed by atoms with Crippen LogP contribution in [0.3, 0.4) is 0 Å². The Kier molecular flexibility index (Phi) is 5.37. The lowest BCUT2D eigenvalue weighted by atomic mass is 10.1. The second-order valence-electron chi connectivity index (χ2n) is 5.74. The minimum Gasteiger partial charge on any atom is -0.418 e. The van der Waals surface area contributed by atoms with Gasteiger partial charge in [0.2, 0.25) is 17.5 Å². The molecular formula is C19H14ClN5O2.